The van der Waals surface area contributed by atoms with Gasteiger partial charge in [-0.05, 0) is 46.2 Å². The van der Waals surface area contributed by atoms with Crippen molar-refractivity contribution in [3.05, 3.63) is 87.6 Å². The number of allylic oxidation sites excluding steroid dienone is 1. The second kappa shape index (κ2) is 8.52. The highest BCUT2D eigenvalue weighted by atomic mass is 35.5. The average Bonchev–Trinajstić information content (AvgIpc) is 3.22. The van der Waals surface area contributed by atoms with Crippen LogP contribution in [0.25, 0.3) is 16.3 Å². The lowest BCUT2D eigenvalue weighted by molar-refractivity contribution is -0.137. The van der Waals surface area contributed by atoms with Gasteiger partial charge in [0.2, 0.25) is 5.76 Å². The molecule has 0 spiro atoms. The Hall–Kier alpha value is -3.24. The lowest BCUT2D eigenvalue weighted by Crippen LogP contribution is -2.17. The normalized spacial score (nSPS) is 16.6. The van der Waals surface area contributed by atoms with Crippen LogP contribution < -0.4 is 5.48 Å². The highest BCUT2D eigenvalue weighted by molar-refractivity contribution is 6.30. The molecule has 1 aliphatic heterocycles. The molecule has 1 unspecified atom stereocenters. The number of nitrogens with one attached hydrogen (secondary N) is 1. The van der Waals surface area contributed by atoms with Crippen LogP contribution in [-0.2, 0) is 15.8 Å². The Morgan fingerprint density at radius 2 is 1.65 bits per heavy atom. The zero-order valence-electron chi connectivity index (χ0n) is 17.1. The summed E-state index contributed by atoms with van der Waals surface area (Å²) in [6.07, 6.45) is -9.85. The number of benzene rings is 3. The van der Waals surface area contributed by atoms with Crippen LogP contribution in [0.1, 0.15) is 33.1 Å². The SMILES string of the molecule is COC(=O)c1ccc(C2NOC(C(F)(F)F)=C2c2cc(Cl)cc(C(F)(F)F)c2)c2ccccc12. The van der Waals surface area contributed by atoms with Crippen LogP contribution in [0.5, 0.6) is 0 Å². The number of alkyl halides is 6. The van der Waals surface area contributed by atoms with Crippen LogP contribution in [0.4, 0.5) is 26.3 Å². The van der Waals surface area contributed by atoms with E-state index in [-0.39, 0.29) is 11.1 Å². The molecule has 11 heteroatoms. The molecule has 1 heterocycles. The number of carbonyl (C=O) groups excluding carboxylic acids is 1. The Bertz CT molecular complexity index is 1320. The van der Waals surface area contributed by atoms with E-state index in [9.17, 15) is 31.1 Å². The second-order valence-electron chi connectivity index (χ2n) is 7.36. The lowest BCUT2D eigenvalue weighted by Gasteiger charge is -2.19. The number of hydrogen-bond acceptors (Lipinski definition) is 4. The molecule has 4 nitrogen and oxygen atoms in total. The number of methoxy groups -OCH3 is 1. The molecule has 0 aliphatic carbocycles. The zero-order valence-corrected chi connectivity index (χ0v) is 17.9. The Morgan fingerprint density at radius 1 is 0.971 bits per heavy atom. The van der Waals surface area contributed by atoms with Gasteiger partial charge in [-0.15, -0.1) is 5.48 Å². The molecule has 34 heavy (non-hydrogen) atoms. The summed E-state index contributed by atoms with van der Waals surface area (Å²) in [5, 5.41) is 0.372. The first-order valence-corrected chi connectivity index (χ1v) is 10.0. The topological polar surface area (TPSA) is 47.6 Å². The monoisotopic (exact) mass is 501 g/mol. The molecule has 0 saturated carbocycles. The first kappa shape index (κ1) is 23.9. The van der Waals surface area contributed by atoms with Crippen LogP contribution in [0, 0.1) is 0 Å². The summed E-state index contributed by atoms with van der Waals surface area (Å²) >= 11 is 5.84. The van der Waals surface area contributed by atoms with Crippen LogP contribution in [0.15, 0.2) is 60.4 Å². The molecular formula is C23H14ClF6NO3. The Balaban J connectivity index is 1.97. The minimum atomic E-state index is -5.01. The van der Waals surface area contributed by atoms with Crippen molar-refractivity contribution < 1.29 is 40.7 Å². The smallest absolute Gasteiger partial charge is 0.451 e. The van der Waals surface area contributed by atoms with E-state index in [0.29, 0.717) is 22.9 Å². The fourth-order valence-corrected chi connectivity index (χ4v) is 4.10. The van der Waals surface area contributed by atoms with Crippen molar-refractivity contribution in [3.8, 4) is 0 Å². The van der Waals surface area contributed by atoms with E-state index in [1.807, 2.05) is 0 Å². The van der Waals surface area contributed by atoms with Crippen molar-refractivity contribution in [1.29, 1.82) is 0 Å². The maximum absolute atomic E-state index is 13.8. The van der Waals surface area contributed by atoms with Gasteiger partial charge in [-0.1, -0.05) is 41.9 Å². The van der Waals surface area contributed by atoms with Gasteiger partial charge in [-0.3, -0.25) is 0 Å². The second-order valence-corrected chi connectivity index (χ2v) is 7.80. The van der Waals surface area contributed by atoms with Gasteiger partial charge >= 0.3 is 18.3 Å². The van der Waals surface area contributed by atoms with E-state index in [4.69, 9.17) is 21.2 Å². The quantitative estimate of drug-likeness (QED) is 0.315. The van der Waals surface area contributed by atoms with Gasteiger partial charge in [-0.25, -0.2) is 4.79 Å². The molecule has 0 fully saturated rings. The number of halogens is 7. The Labute approximate surface area is 193 Å². The lowest BCUT2D eigenvalue weighted by atomic mass is 9.88. The molecule has 1 N–H and O–H groups in total. The van der Waals surface area contributed by atoms with E-state index >= 15 is 0 Å². The summed E-state index contributed by atoms with van der Waals surface area (Å²) in [5.41, 5.74) is 0.494. The van der Waals surface area contributed by atoms with Gasteiger partial charge in [-0.2, -0.15) is 26.3 Å². The van der Waals surface area contributed by atoms with E-state index in [1.54, 1.807) is 24.3 Å². The molecular weight excluding hydrogens is 488 g/mol. The van der Waals surface area contributed by atoms with E-state index in [0.717, 1.165) is 6.07 Å². The van der Waals surface area contributed by atoms with E-state index < -0.39 is 51.8 Å². The maximum Gasteiger partial charge on any atom is 0.451 e. The number of fused-ring (bicyclic) bond motifs is 1. The predicted octanol–water partition coefficient (Wildman–Crippen LogP) is 6.85. The van der Waals surface area contributed by atoms with Gasteiger partial charge in [0.25, 0.3) is 0 Å². The molecule has 0 amide bonds. The van der Waals surface area contributed by atoms with Crippen molar-refractivity contribution in [3.63, 3.8) is 0 Å². The predicted molar refractivity (Wildman–Crippen MR) is 112 cm³/mol. The molecule has 4 rings (SSSR count). The van der Waals surface area contributed by atoms with Crippen LogP contribution in [-0.4, -0.2) is 19.3 Å². The van der Waals surface area contributed by atoms with Gasteiger partial charge in [0.05, 0.1) is 24.3 Å². The third-order valence-electron chi connectivity index (χ3n) is 5.28. The van der Waals surface area contributed by atoms with Crippen LogP contribution >= 0.6 is 11.6 Å². The van der Waals surface area contributed by atoms with Crippen LogP contribution in [0.3, 0.4) is 0 Å². The maximum atomic E-state index is 13.8. The third kappa shape index (κ3) is 4.30. The number of ether oxygens (including phenoxy) is 1. The summed E-state index contributed by atoms with van der Waals surface area (Å²) in [6.45, 7) is 0. The first-order chi connectivity index (χ1) is 15.9. The third-order valence-corrected chi connectivity index (χ3v) is 5.50. The Morgan fingerprint density at radius 3 is 2.26 bits per heavy atom. The molecule has 3 aromatic carbocycles. The van der Waals surface area contributed by atoms with Crippen molar-refractivity contribution in [1.82, 2.24) is 5.48 Å². The molecule has 1 atom stereocenters. The van der Waals surface area contributed by atoms with Gasteiger partial charge in [0, 0.05) is 10.6 Å². The summed E-state index contributed by atoms with van der Waals surface area (Å²) < 4.78 is 86.3. The molecule has 178 valence electrons. The standard InChI is InChI=1S/C23H14ClF6NO3/c1-33-21(32)17-7-6-16(14-4-2-3-5-15(14)17)19-18(20(34-31-19)23(28,29)30)11-8-12(22(25,26)27)10-13(24)9-11/h2-10,19,31H,1H3. The number of hydroxylamine groups is 1. The van der Waals surface area contributed by atoms with Gasteiger partial charge < -0.3 is 9.57 Å². The average molecular weight is 502 g/mol. The zero-order chi connectivity index (χ0) is 24.8. The highest BCUT2D eigenvalue weighted by Crippen LogP contribution is 2.47. The highest BCUT2D eigenvalue weighted by Gasteiger charge is 2.46. The molecule has 0 radical (unpaired) electrons. The van der Waals surface area contributed by atoms with E-state index in [1.165, 1.54) is 19.2 Å². The number of carbonyl (C=O) groups is 1. The van der Waals surface area contributed by atoms with Crippen molar-refractivity contribution in [2.24, 2.45) is 0 Å². The number of rotatable bonds is 3. The summed E-state index contributed by atoms with van der Waals surface area (Å²) in [7, 11) is 1.19. The fraction of sp³-hybridized carbons (Fsp3) is 0.174. The largest absolute Gasteiger partial charge is 0.465 e. The van der Waals surface area contributed by atoms with Crippen molar-refractivity contribution in [2.75, 3.05) is 7.11 Å². The number of esters is 1. The summed E-state index contributed by atoms with van der Waals surface area (Å²) in [4.78, 5) is 16.9. The fourth-order valence-electron chi connectivity index (χ4n) is 3.86. The summed E-state index contributed by atoms with van der Waals surface area (Å²) in [6, 6.07) is 10.0. The minimum absolute atomic E-state index is 0.171. The van der Waals surface area contributed by atoms with Crippen molar-refractivity contribution in [2.45, 2.75) is 18.4 Å². The molecule has 0 saturated heterocycles. The van der Waals surface area contributed by atoms with Gasteiger partial charge in [0.15, 0.2) is 0 Å². The van der Waals surface area contributed by atoms with Gasteiger partial charge in [0.1, 0.15) is 0 Å². The summed E-state index contributed by atoms with van der Waals surface area (Å²) in [5.74, 6) is -2.15. The minimum Gasteiger partial charge on any atom is -0.465 e. The number of hydrogen-bond donors (Lipinski definition) is 1. The van der Waals surface area contributed by atoms with Crippen molar-refractivity contribution >= 4 is 33.9 Å². The molecule has 3 aromatic rings. The molecule has 0 bridgehead atoms. The Kier molecular flexibility index (Phi) is 5.99. The first-order valence-electron chi connectivity index (χ1n) is 9.63. The molecule has 0 aromatic heterocycles. The molecule has 1 aliphatic rings. The van der Waals surface area contributed by atoms with Crippen LogP contribution in [0.2, 0.25) is 5.02 Å². The van der Waals surface area contributed by atoms with E-state index in [2.05, 4.69) is 5.48 Å².